The number of amides is 1. The number of carbonyl (C=O) groups excluding carboxylic acids is 1. The van der Waals surface area contributed by atoms with Gasteiger partial charge in [-0.3, -0.25) is 4.79 Å². The molecule has 1 aromatic carbocycles. The summed E-state index contributed by atoms with van der Waals surface area (Å²) in [6.45, 7) is 6.18. The Bertz CT molecular complexity index is 437. The summed E-state index contributed by atoms with van der Waals surface area (Å²) in [7, 11) is 0. The predicted octanol–water partition coefficient (Wildman–Crippen LogP) is 3.70. The highest BCUT2D eigenvalue weighted by Gasteiger charge is 2.05. The summed E-state index contributed by atoms with van der Waals surface area (Å²) in [6.07, 6.45) is 3.63. The lowest BCUT2D eigenvalue weighted by molar-refractivity contribution is -0.119. The molecular weight excluding hydrogens is 256 g/mol. The first kappa shape index (κ1) is 15.6. The summed E-state index contributed by atoms with van der Waals surface area (Å²) >= 11 is 5.13. The molecule has 0 fully saturated rings. The lowest BCUT2D eigenvalue weighted by Gasteiger charge is -2.11. The van der Waals surface area contributed by atoms with E-state index in [0.29, 0.717) is 11.5 Å². The molecule has 0 radical (unpaired) electrons. The molecule has 0 heterocycles. The molecule has 1 aromatic rings. The average molecular weight is 278 g/mol. The Kier molecular flexibility index (Phi) is 6.50. The quantitative estimate of drug-likeness (QED) is 0.637. The lowest BCUT2D eigenvalue weighted by Crippen LogP contribution is -2.33. The number of hydrogen-bond donors (Lipinski definition) is 2. The van der Waals surface area contributed by atoms with Gasteiger partial charge in [0.1, 0.15) is 0 Å². The van der Waals surface area contributed by atoms with Crippen molar-refractivity contribution in [2.45, 2.75) is 46.5 Å². The number of aryl methyl sites for hydroxylation is 2. The number of nitrogens with one attached hydrogen (secondary N) is 2. The van der Waals surface area contributed by atoms with Gasteiger partial charge < -0.3 is 10.6 Å². The molecule has 0 bridgehead atoms. The molecule has 0 saturated carbocycles. The second kappa shape index (κ2) is 7.89. The Morgan fingerprint density at radius 1 is 1.16 bits per heavy atom. The molecular formula is C15H22N2OS. The Morgan fingerprint density at radius 3 is 2.37 bits per heavy atom. The predicted molar refractivity (Wildman–Crippen MR) is 84.4 cm³/mol. The maximum atomic E-state index is 11.6. The highest BCUT2D eigenvalue weighted by Crippen LogP contribution is 2.13. The largest absolute Gasteiger partial charge is 0.332 e. The Balaban J connectivity index is 2.44. The SMILES string of the molecule is CCCCCC(=O)NC(=S)Nc1cc(C)cc(C)c1. The van der Waals surface area contributed by atoms with Crippen LogP contribution in [0.3, 0.4) is 0 Å². The first-order chi connectivity index (χ1) is 9.01. The van der Waals surface area contributed by atoms with Gasteiger partial charge in [-0.25, -0.2) is 0 Å². The molecule has 3 nitrogen and oxygen atoms in total. The fourth-order valence-corrected chi connectivity index (χ4v) is 2.17. The first-order valence-corrected chi connectivity index (χ1v) is 7.11. The normalized spacial score (nSPS) is 10.1. The van der Waals surface area contributed by atoms with Crippen molar-refractivity contribution in [2.75, 3.05) is 5.32 Å². The van der Waals surface area contributed by atoms with E-state index in [2.05, 4.69) is 23.6 Å². The molecule has 0 aromatic heterocycles. The second-order valence-corrected chi connectivity index (χ2v) is 5.24. The second-order valence-electron chi connectivity index (χ2n) is 4.84. The van der Waals surface area contributed by atoms with E-state index < -0.39 is 0 Å². The van der Waals surface area contributed by atoms with Gasteiger partial charge in [-0.15, -0.1) is 0 Å². The van der Waals surface area contributed by atoms with E-state index in [1.54, 1.807) is 0 Å². The third kappa shape index (κ3) is 6.34. The summed E-state index contributed by atoms with van der Waals surface area (Å²) in [5.74, 6) is -0.0182. The minimum atomic E-state index is -0.0182. The highest BCUT2D eigenvalue weighted by molar-refractivity contribution is 7.80. The molecule has 19 heavy (non-hydrogen) atoms. The number of benzene rings is 1. The van der Waals surface area contributed by atoms with E-state index in [4.69, 9.17) is 12.2 Å². The van der Waals surface area contributed by atoms with E-state index in [0.717, 1.165) is 24.9 Å². The van der Waals surface area contributed by atoms with E-state index in [1.165, 1.54) is 11.1 Å². The fraction of sp³-hybridized carbons (Fsp3) is 0.467. The number of carbonyl (C=O) groups is 1. The zero-order valence-corrected chi connectivity index (χ0v) is 12.7. The van der Waals surface area contributed by atoms with Gasteiger partial charge in [-0.05, 0) is 55.7 Å². The molecule has 0 spiro atoms. The summed E-state index contributed by atoms with van der Waals surface area (Å²) in [4.78, 5) is 11.6. The lowest BCUT2D eigenvalue weighted by atomic mass is 10.1. The Morgan fingerprint density at radius 2 is 1.79 bits per heavy atom. The molecule has 4 heteroatoms. The van der Waals surface area contributed by atoms with Crippen molar-refractivity contribution in [3.8, 4) is 0 Å². The highest BCUT2D eigenvalue weighted by atomic mass is 32.1. The van der Waals surface area contributed by atoms with Crippen LogP contribution in [-0.2, 0) is 4.79 Å². The zero-order chi connectivity index (χ0) is 14.3. The number of thiocarbonyl (C=S) groups is 1. The topological polar surface area (TPSA) is 41.1 Å². The number of anilines is 1. The van der Waals surface area contributed by atoms with Crippen molar-refractivity contribution in [1.29, 1.82) is 0 Å². The smallest absolute Gasteiger partial charge is 0.226 e. The van der Waals surface area contributed by atoms with Crippen LogP contribution in [0.5, 0.6) is 0 Å². The van der Waals surface area contributed by atoms with Crippen LogP contribution in [0.4, 0.5) is 5.69 Å². The number of rotatable bonds is 5. The van der Waals surface area contributed by atoms with Gasteiger partial charge in [0.15, 0.2) is 5.11 Å². The molecule has 1 rings (SSSR count). The van der Waals surface area contributed by atoms with E-state index in [1.807, 2.05) is 26.0 Å². The number of unbranched alkanes of at least 4 members (excludes halogenated alkanes) is 2. The van der Waals surface area contributed by atoms with Gasteiger partial charge in [0.05, 0.1) is 0 Å². The van der Waals surface area contributed by atoms with Crippen molar-refractivity contribution >= 4 is 28.9 Å². The third-order valence-electron chi connectivity index (χ3n) is 2.74. The third-order valence-corrected chi connectivity index (χ3v) is 2.94. The van der Waals surface area contributed by atoms with Gasteiger partial charge in [-0.2, -0.15) is 0 Å². The maximum Gasteiger partial charge on any atom is 0.226 e. The number of hydrogen-bond acceptors (Lipinski definition) is 2. The van der Waals surface area contributed by atoms with Crippen LogP contribution < -0.4 is 10.6 Å². The van der Waals surface area contributed by atoms with Crippen LogP contribution in [0.25, 0.3) is 0 Å². The van der Waals surface area contributed by atoms with Crippen LogP contribution in [0, 0.1) is 13.8 Å². The van der Waals surface area contributed by atoms with E-state index >= 15 is 0 Å². The van der Waals surface area contributed by atoms with Gasteiger partial charge in [0.2, 0.25) is 5.91 Å². The van der Waals surface area contributed by atoms with E-state index in [-0.39, 0.29) is 5.91 Å². The van der Waals surface area contributed by atoms with Gasteiger partial charge >= 0.3 is 0 Å². The summed E-state index contributed by atoms with van der Waals surface area (Å²) in [5.41, 5.74) is 3.25. The standard InChI is InChI=1S/C15H22N2OS/c1-4-5-6-7-14(18)17-15(19)16-13-9-11(2)8-12(3)10-13/h8-10H,4-7H2,1-3H3,(H2,16,17,18,19). The summed E-state index contributed by atoms with van der Waals surface area (Å²) < 4.78 is 0. The van der Waals surface area contributed by atoms with Gasteiger partial charge in [0, 0.05) is 12.1 Å². The zero-order valence-electron chi connectivity index (χ0n) is 11.9. The molecule has 0 saturated heterocycles. The van der Waals surface area contributed by atoms with Gasteiger partial charge in [0.25, 0.3) is 0 Å². The minimum Gasteiger partial charge on any atom is -0.332 e. The van der Waals surface area contributed by atoms with Gasteiger partial charge in [-0.1, -0.05) is 25.8 Å². The molecule has 2 N–H and O–H groups in total. The molecule has 0 aliphatic carbocycles. The molecule has 0 unspecified atom stereocenters. The first-order valence-electron chi connectivity index (χ1n) is 6.70. The minimum absolute atomic E-state index is 0.0182. The van der Waals surface area contributed by atoms with Crippen molar-refractivity contribution in [1.82, 2.24) is 5.32 Å². The maximum absolute atomic E-state index is 11.6. The molecule has 0 aliphatic rings. The van der Waals surface area contributed by atoms with Crippen molar-refractivity contribution < 1.29 is 4.79 Å². The fourth-order valence-electron chi connectivity index (χ4n) is 1.93. The molecule has 104 valence electrons. The monoisotopic (exact) mass is 278 g/mol. The van der Waals surface area contributed by atoms with Crippen LogP contribution in [0.2, 0.25) is 0 Å². The molecule has 1 amide bonds. The van der Waals surface area contributed by atoms with Crippen LogP contribution in [0.1, 0.15) is 43.7 Å². The average Bonchev–Trinajstić information content (AvgIpc) is 2.27. The molecule has 0 aliphatic heterocycles. The Hall–Kier alpha value is -1.42. The molecule has 0 atom stereocenters. The van der Waals surface area contributed by atoms with E-state index in [9.17, 15) is 4.79 Å². The van der Waals surface area contributed by atoms with Crippen LogP contribution >= 0.6 is 12.2 Å². The Labute approximate surface area is 120 Å². The van der Waals surface area contributed by atoms with Crippen molar-refractivity contribution in [3.05, 3.63) is 29.3 Å². The van der Waals surface area contributed by atoms with Crippen LogP contribution in [0.15, 0.2) is 18.2 Å². The summed E-state index contributed by atoms with van der Waals surface area (Å²) in [5, 5.41) is 6.12. The van der Waals surface area contributed by atoms with Crippen molar-refractivity contribution in [2.24, 2.45) is 0 Å². The van der Waals surface area contributed by atoms with Crippen LogP contribution in [-0.4, -0.2) is 11.0 Å². The summed E-state index contributed by atoms with van der Waals surface area (Å²) in [6, 6.07) is 6.10. The van der Waals surface area contributed by atoms with Crippen molar-refractivity contribution in [3.63, 3.8) is 0 Å².